The van der Waals surface area contributed by atoms with E-state index in [1.54, 1.807) is 0 Å². The van der Waals surface area contributed by atoms with Gasteiger partial charge in [0.05, 0.1) is 13.2 Å². The molecule has 0 radical (unpaired) electrons. The van der Waals surface area contributed by atoms with Gasteiger partial charge in [-0.25, -0.2) is 0 Å². The van der Waals surface area contributed by atoms with E-state index in [9.17, 15) is 0 Å². The van der Waals surface area contributed by atoms with Crippen LogP contribution >= 0.6 is 0 Å². The zero-order valence-corrected chi connectivity index (χ0v) is 70.6. The molecule has 0 amide bonds. The molecule has 6 rings (SSSR count). The van der Waals surface area contributed by atoms with Gasteiger partial charge in [0.15, 0.2) is 0 Å². The summed E-state index contributed by atoms with van der Waals surface area (Å²) in [7, 11) is -28.6. The van der Waals surface area contributed by atoms with E-state index < -0.39 is 146 Å². The highest BCUT2D eigenvalue weighted by Crippen LogP contribution is 2.34. The highest BCUT2D eigenvalue weighted by molar-refractivity contribution is 6.83. The quantitative estimate of drug-likeness (QED) is 0.0767. The number of benzene rings is 2. The van der Waals surface area contributed by atoms with Crippen molar-refractivity contribution in [1.82, 2.24) is 0 Å². The Hall–Kier alpha value is 0.870. The summed E-state index contributed by atoms with van der Waals surface area (Å²) in [6, 6.07) is 20.8. The third-order valence-corrected chi connectivity index (χ3v) is 70.8. The lowest BCUT2D eigenvalue weighted by Crippen LogP contribution is -2.53. The molecule has 4 heterocycles. The lowest BCUT2D eigenvalue weighted by Gasteiger charge is -2.37. The molecule has 4 aliphatic heterocycles. The zero-order valence-electron chi connectivity index (χ0n) is 52.7. The largest absolute Gasteiger partial charge is 0.494 e. The molecule has 0 aromatic heterocycles. The predicted molar refractivity (Wildman–Crippen MR) is 361 cm³/mol. The van der Waals surface area contributed by atoms with Gasteiger partial charge >= 0.3 is 34.2 Å². The van der Waals surface area contributed by atoms with Crippen LogP contribution in [-0.4, -0.2) is 159 Å². The first-order chi connectivity index (χ1) is 38.1. The van der Waals surface area contributed by atoms with Gasteiger partial charge in [-0.3, -0.25) is 0 Å². The van der Waals surface area contributed by atoms with Crippen molar-refractivity contribution < 1.29 is 75.3 Å². The average molecular weight is 1410 g/mol. The van der Waals surface area contributed by atoms with Gasteiger partial charge in [-0.1, -0.05) is 89.5 Å². The molecule has 2 aromatic carbocycles. The predicted octanol–water partition coefficient (Wildman–Crippen LogP) is 8.47. The topological polar surface area (TPSA) is 166 Å². The first-order valence-electron chi connectivity index (χ1n) is 30.3. The smallest absolute Gasteiger partial charge is 0.317 e. The van der Waals surface area contributed by atoms with Crippen molar-refractivity contribution in [2.45, 2.75) is 212 Å². The molecule has 81 heavy (non-hydrogen) atoms. The molecule has 0 aliphatic carbocycles. The summed E-state index contributed by atoms with van der Waals surface area (Å²) in [5.41, 5.74) is 2.28. The Morgan fingerprint density at radius 1 is 0.296 bits per heavy atom. The summed E-state index contributed by atoms with van der Waals surface area (Å²) in [5.74, 6) is 1.74. The van der Waals surface area contributed by atoms with E-state index in [1.165, 1.54) is 62.5 Å². The van der Waals surface area contributed by atoms with Crippen molar-refractivity contribution in [2.24, 2.45) is 0 Å². The molecule has 8 unspecified atom stereocenters. The van der Waals surface area contributed by atoms with Crippen molar-refractivity contribution in [2.75, 3.05) is 13.2 Å². The molecular weight excluding hydrogens is 1300 g/mol. The third kappa shape index (κ3) is 27.2. The molecule has 18 nitrogen and oxygen atoms in total. The van der Waals surface area contributed by atoms with Crippen molar-refractivity contribution in [3.8, 4) is 11.5 Å². The Labute approximate surface area is 513 Å². The van der Waals surface area contributed by atoms with Gasteiger partial charge in [0, 0.05) is 5.41 Å². The van der Waals surface area contributed by atoms with Crippen LogP contribution in [0.25, 0.3) is 0 Å². The fourth-order valence-corrected chi connectivity index (χ4v) is 70.0. The van der Waals surface area contributed by atoms with Crippen LogP contribution in [0.1, 0.15) is 89.2 Å². The van der Waals surface area contributed by atoms with Crippen LogP contribution in [0, 0.1) is 0 Å². The normalized spacial score (nSPS) is 35.7. The fraction of sp³-hybridized carbons (Fsp3) is 0.745. The molecule has 0 bridgehead atoms. The maximum Gasteiger partial charge on any atom is 0.317 e. The fourth-order valence-electron chi connectivity index (χ4n) is 11.1. The maximum atomic E-state index is 6.39. The number of hydrogen-bond donors (Lipinski definition) is 0. The van der Waals surface area contributed by atoms with Crippen LogP contribution in [0.5, 0.6) is 11.5 Å². The monoisotopic (exact) mass is 1410 g/mol. The van der Waals surface area contributed by atoms with Crippen LogP contribution in [0.2, 0.25) is 129 Å². The van der Waals surface area contributed by atoms with E-state index in [0.29, 0.717) is 13.2 Å². The minimum absolute atomic E-state index is 0.172. The van der Waals surface area contributed by atoms with E-state index in [0.717, 1.165) is 48.5 Å². The van der Waals surface area contributed by atoms with Crippen LogP contribution in [0.4, 0.5) is 0 Å². The van der Waals surface area contributed by atoms with E-state index in [-0.39, 0.29) is 5.41 Å². The lowest BCUT2D eigenvalue weighted by atomic mass is 9.78. The first kappa shape index (κ1) is 72.6. The van der Waals surface area contributed by atoms with Crippen molar-refractivity contribution in [1.29, 1.82) is 0 Å². The maximum absolute atomic E-state index is 6.39. The number of unbranched alkanes of at least 4 members (excludes halogenated alkanes) is 7. The molecule has 4 fully saturated rings. The van der Waals surface area contributed by atoms with Gasteiger partial charge in [0.25, 0.3) is 111 Å². The van der Waals surface area contributed by atoms with E-state index in [2.05, 4.69) is 167 Å². The highest BCUT2D eigenvalue weighted by atomic mass is 28.5. The minimum Gasteiger partial charge on any atom is -0.494 e. The standard InChI is InChI=1S/C29H56O10Si8.C18H50O8Si8/c1-29(2,25-13-17-27(18-14-25)30-21-11-23-46(9)36-42(5)32-40(3)33-43(6)37-46)26-15-19-28(20-16-26)31-22-12-24-47(10)38-44(7)34-41(4)35-45(8)39-47;1-27-19-29(3)23-33(7,24-30(4)20-27)17-15-13-11-9-10-12-14-16-18-34(8)25-31(5)21-28(2)22-32(6)26-34/h13-20,40-45H,11-12,21-24H2,1-10H3;27-32H,9-18H2,1-8H3. The molecule has 466 valence electrons. The van der Waals surface area contributed by atoms with Gasteiger partial charge in [-0.2, -0.15) is 0 Å². The minimum atomic E-state index is -2.32. The number of hydrogen-bond acceptors (Lipinski definition) is 18. The summed E-state index contributed by atoms with van der Waals surface area (Å²) in [6.45, 7) is 39.5. The molecule has 0 N–H and O–H groups in total. The molecule has 0 saturated carbocycles. The van der Waals surface area contributed by atoms with Crippen LogP contribution < -0.4 is 9.47 Å². The summed E-state index contributed by atoms with van der Waals surface area (Å²) >= 11 is 0. The highest BCUT2D eigenvalue weighted by Gasteiger charge is 2.43. The molecule has 0 spiro atoms. The second kappa shape index (κ2) is 35.3. The Morgan fingerprint density at radius 3 is 0.716 bits per heavy atom. The Balaban J connectivity index is 0.000000314. The SMILES string of the molecule is C[SiH]1O[SiH](C)O[Si](C)(CCCCCCCCCC[Si]2(C)O[SiH](C)O[SiH](C)O[SiH](C)O2)O[SiH](C)O1.C[SiH]1O[SiH](C)O[Si](C)(CCCOc2ccc(C(C)(C)c3ccc(OCCC[Si]4(C)O[SiH](C)O[SiH](C)O[SiH](C)O4)cc3)cc2)O[SiH](C)O1. The zero-order chi connectivity index (χ0) is 59.4. The molecule has 4 saturated heterocycles. The second-order valence-corrected chi connectivity index (χ2v) is 64.2. The van der Waals surface area contributed by atoms with Gasteiger partial charge < -0.3 is 75.3 Å². The lowest BCUT2D eigenvalue weighted by molar-refractivity contribution is 0.264. The Bertz CT molecular complexity index is 1890. The van der Waals surface area contributed by atoms with Gasteiger partial charge in [0.2, 0.25) is 0 Å². The summed E-state index contributed by atoms with van der Waals surface area (Å²) in [6.07, 6.45) is 11.8. The number of rotatable bonds is 23. The Morgan fingerprint density at radius 2 is 0.494 bits per heavy atom. The summed E-state index contributed by atoms with van der Waals surface area (Å²) < 4.78 is 112. The van der Waals surface area contributed by atoms with Crippen LogP contribution in [0.15, 0.2) is 48.5 Å². The molecule has 8 atom stereocenters. The van der Waals surface area contributed by atoms with Gasteiger partial charge in [-0.05, 0) is 177 Å². The van der Waals surface area contributed by atoms with Crippen LogP contribution in [-0.2, 0) is 71.3 Å². The summed E-state index contributed by atoms with van der Waals surface area (Å²) in [4.78, 5) is 0. The average Bonchev–Trinajstić information content (AvgIpc) is 3.39. The van der Waals surface area contributed by atoms with Gasteiger partial charge in [-0.15, -0.1) is 0 Å². The molecule has 2 aromatic rings. The number of ether oxygens (including phenoxy) is 2. The molecule has 4 aliphatic rings. The van der Waals surface area contributed by atoms with Crippen molar-refractivity contribution >= 4 is 146 Å². The van der Waals surface area contributed by atoms with Crippen LogP contribution in [0.3, 0.4) is 0 Å². The van der Waals surface area contributed by atoms with Crippen molar-refractivity contribution in [3.05, 3.63) is 59.7 Å². The van der Waals surface area contributed by atoms with E-state index in [4.69, 9.17) is 75.3 Å². The first-order valence-corrected chi connectivity index (χ1v) is 65.5. The molecule has 34 heteroatoms. The van der Waals surface area contributed by atoms with E-state index >= 15 is 0 Å². The van der Waals surface area contributed by atoms with E-state index in [1.807, 2.05) is 0 Å². The van der Waals surface area contributed by atoms with Crippen molar-refractivity contribution in [3.63, 3.8) is 0 Å². The second-order valence-electron chi connectivity index (χ2n) is 23.3. The van der Waals surface area contributed by atoms with Gasteiger partial charge in [0.1, 0.15) is 11.5 Å². The third-order valence-electron chi connectivity index (χ3n) is 14.6. The summed E-state index contributed by atoms with van der Waals surface area (Å²) in [5, 5.41) is 0. The molecular formula is C47H106O18Si16. The Kier molecular flexibility index (Phi) is 31.7.